The summed E-state index contributed by atoms with van der Waals surface area (Å²) in [6, 6.07) is 11.9. The summed E-state index contributed by atoms with van der Waals surface area (Å²) in [4.78, 5) is 27.2. The SMILES string of the molecule is CC(C)n1c(=O)c2cnc(Nc3ccc4c(c3)CNCC4)nc2n1-c1cccc(OC2CCC2)n1. The van der Waals surface area contributed by atoms with Gasteiger partial charge in [0.15, 0.2) is 11.5 Å². The number of hydrogen-bond donors (Lipinski definition) is 2. The minimum absolute atomic E-state index is 0.0979. The predicted octanol–water partition coefficient (Wildman–Crippen LogP) is 3.88. The van der Waals surface area contributed by atoms with Crippen LogP contribution in [0.25, 0.3) is 16.9 Å². The van der Waals surface area contributed by atoms with Gasteiger partial charge >= 0.3 is 0 Å². The maximum Gasteiger partial charge on any atom is 0.278 e. The molecule has 2 aliphatic rings. The van der Waals surface area contributed by atoms with Gasteiger partial charge in [0.1, 0.15) is 11.5 Å². The van der Waals surface area contributed by atoms with Gasteiger partial charge in [0.2, 0.25) is 11.8 Å². The van der Waals surface area contributed by atoms with Crippen LogP contribution in [0.2, 0.25) is 0 Å². The Labute approximate surface area is 203 Å². The van der Waals surface area contributed by atoms with Crippen LogP contribution in [0, 0.1) is 0 Å². The first-order valence-corrected chi connectivity index (χ1v) is 12.3. The molecule has 1 aromatic carbocycles. The molecule has 0 bridgehead atoms. The number of nitrogens with one attached hydrogen (secondary N) is 2. The van der Waals surface area contributed by atoms with Gasteiger partial charge in [-0.2, -0.15) is 9.97 Å². The Morgan fingerprint density at radius 1 is 1.14 bits per heavy atom. The largest absolute Gasteiger partial charge is 0.474 e. The number of aromatic nitrogens is 5. The molecule has 0 atom stereocenters. The quantitative estimate of drug-likeness (QED) is 0.440. The third kappa shape index (κ3) is 4.05. The monoisotopic (exact) mass is 471 g/mol. The van der Waals surface area contributed by atoms with Gasteiger partial charge in [-0.15, -0.1) is 0 Å². The summed E-state index contributed by atoms with van der Waals surface area (Å²) in [6.45, 7) is 5.80. The Balaban J connectivity index is 1.41. The van der Waals surface area contributed by atoms with Crippen molar-refractivity contribution < 1.29 is 4.74 Å². The molecule has 1 saturated carbocycles. The lowest BCUT2D eigenvalue weighted by atomic mass is 9.96. The highest BCUT2D eigenvalue weighted by Gasteiger charge is 2.22. The second kappa shape index (κ2) is 8.81. The van der Waals surface area contributed by atoms with Crippen molar-refractivity contribution in [2.75, 3.05) is 11.9 Å². The van der Waals surface area contributed by atoms with Crippen molar-refractivity contribution in [2.24, 2.45) is 0 Å². The molecule has 9 heteroatoms. The molecule has 0 unspecified atom stereocenters. The first-order valence-electron chi connectivity index (χ1n) is 12.3. The van der Waals surface area contributed by atoms with Crippen molar-refractivity contribution in [1.29, 1.82) is 0 Å². The smallest absolute Gasteiger partial charge is 0.278 e. The van der Waals surface area contributed by atoms with E-state index in [0.717, 1.165) is 38.0 Å². The molecule has 2 N–H and O–H groups in total. The van der Waals surface area contributed by atoms with Crippen molar-refractivity contribution in [3.8, 4) is 11.7 Å². The van der Waals surface area contributed by atoms with Gasteiger partial charge < -0.3 is 15.4 Å². The summed E-state index contributed by atoms with van der Waals surface area (Å²) in [6.07, 6.45) is 6.14. The van der Waals surface area contributed by atoms with Gasteiger partial charge in [-0.05, 0) is 75.4 Å². The zero-order valence-corrected chi connectivity index (χ0v) is 20.0. The molecular weight excluding hydrogens is 442 g/mol. The minimum Gasteiger partial charge on any atom is -0.474 e. The third-order valence-corrected chi connectivity index (χ3v) is 6.73. The number of rotatable bonds is 6. The van der Waals surface area contributed by atoms with Crippen LogP contribution in [0.3, 0.4) is 0 Å². The number of hydrogen-bond acceptors (Lipinski definition) is 7. The number of fused-ring (bicyclic) bond motifs is 2. The fourth-order valence-corrected chi connectivity index (χ4v) is 4.68. The molecule has 1 fully saturated rings. The van der Waals surface area contributed by atoms with Crippen LogP contribution in [0.5, 0.6) is 5.88 Å². The van der Waals surface area contributed by atoms with E-state index in [1.165, 1.54) is 17.5 Å². The number of benzene rings is 1. The second-order valence-electron chi connectivity index (χ2n) is 9.53. The molecule has 1 aliphatic carbocycles. The number of ether oxygens (including phenoxy) is 1. The van der Waals surface area contributed by atoms with Crippen LogP contribution in [-0.2, 0) is 13.0 Å². The van der Waals surface area contributed by atoms with Crippen molar-refractivity contribution in [1.82, 2.24) is 29.6 Å². The van der Waals surface area contributed by atoms with E-state index >= 15 is 0 Å². The zero-order chi connectivity index (χ0) is 23.9. The van der Waals surface area contributed by atoms with Crippen molar-refractivity contribution in [3.63, 3.8) is 0 Å². The van der Waals surface area contributed by atoms with E-state index in [-0.39, 0.29) is 17.7 Å². The molecule has 180 valence electrons. The predicted molar refractivity (Wildman–Crippen MR) is 135 cm³/mol. The highest BCUT2D eigenvalue weighted by Crippen LogP contribution is 2.26. The van der Waals surface area contributed by atoms with E-state index in [2.05, 4.69) is 27.8 Å². The fourth-order valence-electron chi connectivity index (χ4n) is 4.68. The second-order valence-corrected chi connectivity index (χ2v) is 9.53. The number of pyridine rings is 1. The van der Waals surface area contributed by atoms with Gasteiger partial charge in [-0.25, -0.2) is 14.3 Å². The minimum atomic E-state index is -0.145. The van der Waals surface area contributed by atoms with Crippen molar-refractivity contribution >= 4 is 22.7 Å². The standard InChI is InChI=1S/C26H29N7O2/c1-16(2)32-25(34)21-15-28-26(29-19-10-9-17-11-12-27-14-18(17)13-19)31-24(21)33(32)22-7-4-8-23(30-22)35-20-5-3-6-20/h4,7-10,13,15-16,20,27H,3,5-6,11-12,14H2,1-2H3,(H,28,29,31). The van der Waals surface area contributed by atoms with Crippen LogP contribution >= 0.6 is 0 Å². The van der Waals surface area contributed by atoms with Gasteiger partial charge in [-0.1, -0.05) is 12.1 Å². The molecule has 0 spiro atoms. The van der Waals surface area contributed by atoms with Crippen LogP contribution < -0.4 is 20.9 Å². The molecule has 9 nitrogen and oxygen atoms in total. The lowest BCUT2D eigenvalue weighted by Crippen LogP contribution is -2.26. The first kappa shape index (κ1) is 21.8. The summed E-state index contributed by atoms with van der Waals surface area (Å²) in [5.74, 6) is 1.58. The Hall–Kier alpha value is -3.72. The molecule has 4 heterocycles. The highest BCUT2D eigenvalue weighted by molar-refractivity contribution is 5.77. The number of anilines is 2. The van der Waals surface area contributed by atoms with E-state index in [1.54, 1.807) is 15.6 Å². The molecule has 35 heavy (non-hydrogen) atoms. The lowest BCUT2D eigenvalue weighted by molar-refractivity contribution is 0.114. The normalized spacial score (nSPS) is 15.7. The molecule has 6 rings (SSSR count). The lowest BCUT2D eigenvalue weighted by Gasteiger charge is -2.26. The number of nitrogens with zero attached hydrogens (tertiary/aromatic N) is 5. The van der Waals surface area contributed by atoms with Gasteiger partial charge in [-0.3, -0.25) is 4.79 Å². The average molecular weight is 472 g/mol. The molecule has 4 aromatic rings. The Morgan fingerprint density at radius 2 is 2.03 bits per heavy atom. The highest BCUT2D eigenvalue weighted by atomic mass is 16.5. The maximum absolute atomic E-state index is 13.3. The Bertz CT molecular complexity index is 1450. The van der Waals surface area contributed by atoms with Gasteiger partial charge in [0.05, 0.1) is 0 Å². The Morgan fingerprint density at radius 3 is 2.83 bits per heavy atom. The average Bonchev–Trinajstić information content (AvgIpc) is 3.13. The summed E-state index contributed by atoms with van der Waals surface area (Å²) in [7, 11) is 0. The fraction of sp³-hybridized carbons (Fsp3) is 0.385. The third-order valence-electron chi connectivity index (χ3n) is 6.73. The van der Waals surface area contributed by atoms with E-state index in [1.807, 2.05) is 38.1 Å². The summed E-state index contributed by atoms with van der Waals surface area (Å²) >= 11 is 0. The topological polar surface area (TPSA) is 98.9 Å². The summed E-state index contributed by atoms with van der Waals surface area (Å²) in [5, 5.41) is 7.17. The van der Waals surface area contributed by atoms with Crippen LogP contribution in [0.4, 0.5) is 11.6 Å². The van der Waals surface area contributed by atoms with Gasteiger partial charge in [0, 0.05) is 30.5 Å². The molecule has 1 aliphatic heterocycles. The van der Waals surface area contributed by atoms with Gasteiger partial charge in [0.25, 0.3) is 5.56 Å². The molecule has 0 amide bonds. The molecule has 0 radical (unpaired) electrons. The molecule has 3 aromatic heterocycles. The van der Waals surface area contributed by atoms with Crippen LogP contribution in [-0.4, -0.2) is 37.0 Å². The zero-order valence-electron chi connectivity index (χ0n) is 20.0. The molecular formula is C26H29N7O2. The molecule has 0 saturated heterocycles. The van der Waals surface area contributed by atoms with Crippen LogP contribution in [0.15, 0.2) is 47.4 Å². The van der Waals surface area contributed by atoms with Crippen molar-refractivity contribution in [3.05, 3.63) is 64.1 Å². The van der Waals surface area contributed by atoms with E-state index in [4.69, 9.17) is 14.7 Å². The van der Waals surface area contributed by atoms with E-state index < -0.39 is 0 Å². The maximum atomic E-state index is 13.3. The summed E-state index contributed by atoms with van der Waals surface area (Å²) < 4.78 is 9.46. The van der Waals surface area contributed by atoms with E-state index in [0.29, 0.717) is 28.7 Å². The van der Waals surface area contributed by atoms with Crippen molar-refractivity contribution in [2.45, 2.75) is 58.2 Å². The first-order chi connectivity index (χ1) is 17.1. The Kier molecular flexibility index (Phi) is 5.49. The van der Waals surface area contributed by atoms with E-state index in [9.17, 15) is 4.79 Å². The van der Waals surface area contributed by atoms with Crippen LogP contribution in [0.1, 0.15) is 50.3 Å². The summed E-state index contributed by atoms with van der Waals surface area (Å²) in [5.41, 5.74) is 3.92.